The second-order valence-corrected chi connectivity index (χ2v) is 5.43. The number of hydrogen-bond acceptors (Lipinski definition) is 5. The van der Waals surface area contributed by atoms with Crippen LogP contribution in [0.25, 0.3) is 0 Å². The quantitative estimate of drug-likeness (QED) is 0.741. The summed E-state index contributed by atoms with van der Waals surface area (Å²) in [6, 6.07) is 2.99. The van der Waals surface area contributed by atoms with E-state index in [1.54, 1.807) is 13.0 Å². The first kappa shape index (κ1) is 13.7. The zero-order chi connectivity index (χ0) is 12.9. The highest BCUT2D eigenvalue weighted by Gasteiger charge is 2.13. The number of aryl methyl sites for hydroxylation is 1. The minimum atomic E-state index is -3.50. The number of sulfonamides is 1. The number of pyridine rings is 1. The molecule has 0 unspecified atom stereocenters. The molecule has 0 radical (unpaired) electrons. The van der Waals surface area contributed by atoms with Crippen molar-refractivity contribution in [2.45, 2.75) is 13.3 Å². The van der Waals surface area contributed by atoms with Gasteiger partial charge in [-0.3, -0.25) is 4.72 Å². The average molecular weight is 260 g/mol. The number of methoxy groups -OCH3 is 1. The molecular formula is C10H16N2O4S. The Morgan fingerprint density at radius 1 is 1.47 bits per heavy atom. The van der Waals surface area contributed by atoms with Crippen molar-refractivity contribution in [2.75, 3.05) is 24.2 Å². The summed E-state index contributed by atoms with van der Waals surface area (Å²) in [5, 5.41) is 9.46. The fraction of sp³-hybridized carbons (Fsp3) is 0.500. The highest BCUT2D eigenvalue weighted by atomic mass is 32.2. The van der Waals surface area contributed by atoms with Crippen molar-refractivity contribution in [3.8, 4) is 5.75 Å². The van der Waals surface area contributed by atoms with Crippen LogP contribution in [0.4, 0.5) is 5.82 Å². The first-order valence-corrected chi connectivity index (χ1v) is 6.76. The van der Waals surface area contributed by atoms with E-state index in [1.165, 1.54) is 13.2 Å². The highest BCUT2D eigenvalue weighted by Crippen LogP contribution is 2.21. The third kappa shape index (κ3) is 4.58. The first-order valence-electron chi connectivity index (χ1n) is 5.10. The topological polar surface area (TPSA) is 88.5 Å². The molecule has 0 saturated heterocycles. The Kier molecular flexibility index (Phi) is 4.71. The number of ether oxygens (including phenoxy) is 1. The van der Waals surface area contributed by atoms with Crippen molar-refractivity contribution in [1.82, 2.24) is 4.98 Å². The summed E-state index contributed by atoms with van der Waals surface area (Å²) in [5.41, 5.74) is 0.623. The van der Waals surface area contributed by atoms with Crippen LogP contribution in [0, 0.1) is 6.92 Å². The van der Waals surface area contributed by atoms with E-state index in [-0.39, 0.29) is 17.3 Å². The fourth-order valence-corrected chi connectivity index (χ4v) is 2.26. The molecule has 1 aromatic heterocycles. The van der Waals surface area contributed by atoms with Gasteiger partial charge in [0.2, 0.25) is 10.0 Å². The van der Waals surface area contributed by atoms with E-state index in [9.17, 15) is 13.5 Å². The molecule has 0 fully saturated rings. The number of nitrogens with one attached hydrogen (secondary N) is 1. The number of nitrogens with zero attached hydrogens (tertiary/aromatic N) is 1. The molecule has 0 amide bonds. The predicted octanol–water partition coefficient (Wildman–Crippen LogP) is 0.874. The number of hydrogen-bond donors (Lipinski definition) is 2. The fourth-order valence-electron chi connectivity index (χ4n) is 1.22. The zero-order valence-corrected chi connectivity index (χ0v) is 10.6. The molecule has 17 heavy (non-hydrogen) atoms. The number of anilines is 1. The van der Waals surface area contributed by atoms with Crippen molar-refractivity contribution in [2.24, 2.45) is 0 Å². The van der Waals surface area contributed by atoms with Crippen molar-refractivity contribution in [3.05, 3.63) is 17.8 Å². The predicted molar refractivity (Wildman–Crippen MR) is 64.5 cm³/mol. The lowest BCUT2D eigenvalue weighted by molar-refractivity contribution is 0.199. The number of aromatic nitrogens is 1. The summed E-state index contributed by atoms with van der Waals surface area (Å²) in [6.07, 6.45) is 0.387. The summed E-state index contributed by atoms with van der Waals surface area (Å²) in [4.78, 5) is 3.91. The van der Waals surface area contributed by atoms with E-state index in [0.717, 1.165) is 0 Å². The molecule has 0 saturated carbocycles. The Morgan fingerprint density at radius 2 is 2.18 bits per heavy atom. The summed E-state index contributed by atoms with van der Waals surface area (Å²) >= 11 is 0. The standard InChI is InChI=1S/C10H16N2O4S/c1-8-4-5-9(13)10(11-8)12-17(14,15)7-3-6-16-2/h4-5,13H,3,6-7H2,1-2H3,(H,11,12). The smallest absolute Gasteiger partial charge is 0.234 e. The van der Waals surface area contributed by atoms with Gasteiger partial charge < -0.3 is 9.84 Å². The average Bonchev–Trinajstić information content (AvgIpc) is 2.23. The first-order chi connectivity index (χ1) is 7.94. The second kappa shape index (κ2) is 5.83. The molecule has 96 valence electrons. The van der Waals surface area contributed by atoms with Crippen LogP contribution in [0.1, 0.15) is 12.1 Å². The molecular weight excluding hydrogens is 244 g/mol. The maximum atomic E-state index is 11.6. The van der Waals surface area contributed by atoms with E-state index >= 15 is 0 Å². The zero-order valence-electron chi connectivity index (χ0n) is 9.80. The highest BCUT2D eigenvalue weighted by molar-refractivity contribution is 7.92. The number of aromatic hydroxyl groups is 1. The Morgan fingerprint density at radius 3 is 2.82 bits per heavy atom. The van der Waals surface area contributed by atoms with Crippen molar-refractivity contribution in [3.63, 3.8) is 0 Å². The van der Waals surface area contributed by atoms with Crippen LogP contribution in [-0.2, 0) is 14.8 Å². The SMILES string of the molecule is COCCCS(=O)(=O)Nc1nc(C)ccc1O. The lowest BCUT2D eigenvalue weighted by atomic mass is 10.3. The molecule has 7 heteroatoms. The Labute approximate surface area is 101 Å². The Bertz CT molecular complexity index is 473. The molecule has 6 nitrogen and oxygen atoms in total. The van der Waals surface area contributed by atoms with Gasteiger partial charge in [-0.2, -0.15) is 0 Å². The largest absolute Gasteiger partial charge is 0.504 e. The Balaban J connectivity index is 2.72. The van der Waals surface area contributed by atoms with Gasteiger partial charge in [-0.25, -0.2) is 13.4 Å². The summed E-state index contributed by atoms with van der Waals surface area (Å²) in [5.74, 6) is -0.302. The normalized spacial score (nSPS) is 11.4. The Hall–Kier alpha value is -1.34. The minimum Gasteiger partial charge on any atom is -0.504 e. The molecule has 0 atom stereocenters. The van der Waals surface area contributed by atoms with Crippen LogP contribution in [-0.4, -0.2) is 38.0 Å². The maximum Gasteiger partial charge on any atom is 0.234 e. The van der Waals surface area contributed by atoms with E-state index in [1.807, 2.05) is 0 Å². The molecule has 0 aliphatic carbocycles. The van der Waals surface area contributed by atoms with Crippen LogP contribution in [0.2, 0.25) is 0 Å². The van der Waals surface area contributed by atoms with Gasteiger partial charge in [0.15, 0.2) is 11.6 Å². The monoisotopic (exact) mass is 260 g/mol. The van der Waals surface area contributed by atoms with Crippen molar-refractivity contribution < 1.29 is 18.3 Å². The molecule has 1 rings (SSSR count). The van der Waals surface area contributed by atoms with Gasteiger partial charge in [-0.05, 0) is 25.5 Å². The maximum absolute atomic E-state index is 11.6. The number of rotatable bonds is 6. The van der Waals surface area contributed by atoms with Crippen LogP contribution < -0.4 is 4.72 Å². The lowest BCUT2D eigenvalue weighted by Crippen LogP contribution is -2.18. The van der Waals surface area contributed by atoms with Gasteiger partial charge >= 0.3 is 0 Å². The van der Waals surface area contributed by atoms with E-state index in [0.29, 0.717) is 18.7 Å². The third-order valence-corrected chi connectivity index (χ3v) is 3.36. The molecule has 0 aromatic carbocycles. The molecule has 1 heterocycles. The van der Waals surface area contributed by atoms with Gasteiger partial charge in [0.05, 0.1) is 5.75 Å². The lowest BCUT2D eigenvalue weighted by Gasteiger charge is -2.08. The third-order valence-electron chi connectivity index (χ3n) is 2.03. The molecule has 0 spiro atoms. The summed E-state index contributed by atoms with van der Waals surface area (Å²) in [7, 11) is -1.99. The summed E-state index contributed by atoms with van der Waals surface area (Å²) < 4.78 is 30.3. The van der Waals surface area contributed by atoms with Gasteiger partial charge in [0, 0.05) is 19.4 Å². The van der Waals surface area contributed by atoms with E-state index < -0.39 is 10.0 Å². The van der Waals surface area contributed by atoms with Crippen molar-refractivity contribution in [1.29, 1.82) is 0 Å². The van der Waals surface area contributed by atoms with Gasteiger partial charge in [-0.15, -0.1) is 0 Å². The van der Waals surface area contributed by atoms with Gasteiger partial charge in [-0.1, -0.05) is 0 Å². The van der Waals surface area contributed by atoms with Crippen molar-refractivity contribution >= 4 is 15.8 Å². The minimum absolute atomic E-state index is 0.0394. The molecule has 2 N–H and O–H groups in total. The molecule has 0 bridgehead atoms. The van der Waals surface area contributed by atoms with Crippen LogP contribution in [0.5, 0.6) is 5.75 Å². The molecule has 0 aliphatic rings. The van der Waals surface area contributed by atoms with E-state index in [4.69, 9.17) is 4.74 Å². The van der Waals surface area contributed by atoms with Crippen LogP contribution >= 0.6 is 0 Å². The second-order valence-electron chi connectivity index (χ2n) is 3.59. The van der Waals surface area contributed by atoms with Crippen LogP contribution in [0.15, 0.2) is 12.1 Å². The van der Waals surface area contributed by atoms with Gasteiger partial charge in [0.25, 0.3) is 0 Å². The van der Waals surface area contributed by atoms with Crippen LogP contribution in [0.3, 0.4) is 0 Å². The van der Waals surface area contributed by atoms with Gasteiger partial charge in [0.1, 0.15) is 0 Å². The summed E-state index contributed by atoms with van der Waals surface area (Å²) in [6.45, 7) is 2.08. The molecule has 1 aromatic rings. The van der Waals surface area contributed by atoms with E-state index in [2.05, 4.69) is 9.71 Å². The molecule has 0 aliphatic heterocycles.